The van der Waals surface area contributed by atoms with Gasteiger partial charge in [-0.2, -0.15) is 0 Å². The number of aromatic nitrogens is 2. The normalized spacial score (nSPS) is 11.0. The fraction of sp³-hybridized carbons (Fsp3) is 0. The summed E-state index contributed by atoms with van der Waals surface area (Å²) in [6, 6.07) is 7.33. The number of imidazole rings is 1. The summed E-state index contributed by atoms with van der Waals surface area (Å²) in [6.07, 6.45) is 0. The number of hydrogen-bond donors (Lipinski definition) is 2. The highest BCUT2D eigenvalue weighted by Gasteiger charge is 2.16. The van der Waals surface area contributed by atoms with Gasteiger partial charge in [-0.15, -0.1) is 0 Å². The molecule has 7 heteroatoms. The van der Waals surface area contributed by atoms with Crippen LogP contribution in [0.1, 0.15) is 10.4 Å². The summed E-state index contributed by atoms with van der Waals surface area (Å²) >= 11 is 9.24. The molecule has 2 N–H and O–H groups in total. The van der Waals surface area contributed by atoms with Crippen molar-refractivity contribution in [2.45, 2.75) is 0 Å². The molecule has 4 nitrogen and oxygen atoms in total. The predicted molar refractivity (Wildman–Crippen MR) is 81.2 cm³/mol. The molecule has 0 unspecified atom stereocenters. The van der Waals surface area contributed by atoms with Crippen molar-refractivity contribution in [2.24, 2.45) is 0 Å². The van der Waals surface area contributed by atoms with Gasteiger partial charge in [0.25, 0.3) is 0 Å². The highest BCUT2D eigenvalue weighted by atomic mass is 79.9. The number of halogens is 3. The zero-order valence-electron chi connectivity index (χ0n) is 10.3. The first-order chi connectivity index (χ1) is 9.95. The van der Waals surface area contributed by atoms with Crippen molar-refractivity contribution in [3.8, 4) is 11.4 Å². The molecule has 0 saturated heterocycles. The largest absolute Gasteiger partial charge is 0.478 e. The molecule has 1 heterocycles. The molecular weight excluding hydrogens is 363 g/mol. The van der Waals surface area contributed by atoms with E-state index in [4.69, 9.17) is 16.7 Å². The molecule has 3 rings (SSSR count). The van der Waals surface area contributed by atoms with Crippen LogP contribution in [0, 0.1) is 5.82 Å². The summed E-state index contributed by atoms with van der Waals surface area (Å²) in [5, 5.41) is 9.67. The Kier molecular flexibility index (Phi) is 3.43. The number of carbonyl (C=O) groups is 1. The summed E-state index contributed by atoms with van der Waals surface area (Å²) in [7, 11) is 0. The Morgan fingerprint density at radius 1 is 1.33 bits per heavy atom. The standard InChI is InChI=1S/C14H7BrClFN2O2/c15-9-3-6(1-2-10(9)16)13-18-11-5-7(17)4-8(14(20)21)12(11)19-13/h1-5H,(H,18,19)(H,20,21). The molecule has 1 aromatic heterocycles. The number of rotatable bonds is 2. The highest BCUT2D eigenvalue weighted by molar-refractivity contribution is 9.10. The molecule has 0 aliphatic heterocycles. The second-order valence-corrected chi connectivity index (χ2v) is 5.63. The Labute approximate surface area is 131 Å². The molecule has 3 aromatic rings. The van der Waals surface area contributed by atoms with E-state index < -0.39 is 11.8 Å². The minimum absolute atomic E-state index is 0.180. The van der Waals surface area contributed by atoms with Gasteiger partial charge in [0, 0.05) is 10.0 Å². The van der Waals surface area contributed by atoms with E-state index in [1.807, 2.05) is 0 Å². The van der Waals surface area contributed by atoms with Crippen molar-refractivity contribution in [3.63, 3.8) is 0 Å². The average molecular weight is 370 g/mol. The van der Waals surface area contributed by atoms with Crippen LogP contribution < -0.4 is 0 Å². The second-order valence-electron chi connectivity index (χ2n) is 4.37. The second kappa shape index (κ2) is 5.13. The molecular formula is C14H7BrClFN2O2. The van der Waals surface area contributed by atoms with Gasteiger partial charge in [-0.1, -0.05) is 11.6 Å². The highest BCUT2D eigenvalue weighted by Crippen LogP contribution is 2.29. The summed E-state index contributed by atoms with van der Waals surface area (Å²) in [5.41, 5.74) is 1.07. The van der Waals surface area contributed by atoms with Crippen LogP contribution >= 0.6 is 27.5 Å². The van der Waals surface area contributed by atoms with Crippen LogP contribution in [-0.2, 0) is 0 Å². The minimum Gasteiger partial charge on any atom is -0.478 e. The lowest BCUT2D eigenvalue weighted by atomic mass is 10.2. The molecule has 0 aliphatic rings. The van der Waals surface area contributed by atoms with Crippen LogP contribution in [0.5, 0.6) is 0 Å². The first kappa shape index (κ1) is 14.0. The lowest BCUT2D eigenvalue weighted by Gasteiger charge is -1.99. The number of nitrogens with one attached hydrogen (secondary N) is 1. The molecule has 0 spiro atoms. The lowest BCUT2D eigenvalue weighted by molar-refractivity contribution is 0.0698. The van der Waals surface area contributed by atoms with Crippen LogP contribution in [0.2, 0.25) is 5.02 Å². The number of carboxylic acids is 1. The van der Waals surface area contributed by atoms with Crippen molar-refractivity contribution < 1.29 is 14.3 Å². The zero-order chi connectivity index (χ0) is 15.1. The molecule has 106 valence electrons. The number of hydrogen-bond acceptors (Lipinski definition) is 2. The van der Waals surface area contributed by atoms with Crippen molar-refractivity contribution in [1.29, 1.82) is 0 Å². The van der Waals surface area contributed by atoms with Crippen LogP contribution in [-0.4, -0.2) is 21.0 Å². The summed E-state index contributed by atoms with van der Waals surface area (Å²) < 4.78 is 14.1. The van der Waals surface area contributed by atoms with Crippen molar-refractivity contribution >= 4 is 44.5 Å². The van der Waals surface area contributed by atoms with E-state index in [-0.39, 0.29) is 11.1 Å². The van der Waals surface area contributed by atoms with Crippen LogP contribution in [0.25, 0.3) is 22.4 Å². The number of fused-ring (bicyclic) bond motifs is 1. The number of carboxylic acid groups (broad SMARTS) is 1. The van der Waals surface area contributed by atoms with Crippen LogP contribution in [0.4, 0.5) is 4.39 Å². The summed E-state index contributed by atoms with van der Waals surface area (Å²) in [5.74, 6) is -1.42. The Hall–Kier alpha value is -1.92. The molecule has 0 fully saturated rings. The third-order valence-electron chi connectivity index (χ3n) is 2.97. The van der Waals surface area contributed by atoms with E-state index in [1.165, 1.54) is 6.07 Å². The Balaban J connectivity index is 2.23. The van der Waals surface area contributed by atoms with Gasteiger partial charge in [0.2, 0.25) is 0 Å². The maximum Gasteiger partial charge on any atom is 0.338 e. The van der Waals surface area contributed by atoms with E-state index in [0.29, 0.717) is 26.4 Å². The molecule has 0 radical (unpaired) electrons. The lowest BCUT2D eigenvalue weighted by Crippen LogP contribution is -1.98. The van der Waals surface area contributed by atoms with E-state index in [1.54, 1.807) is 18.2 Å². The molecule has 0 bridgehead atoms. The molecule has 0 aliphatic carbocycles. The van der Waals surface area contributed by atoms with E-state index in [2.05, 4.69) is 25.9 Å². The van der Waals surface area contributed by atoms with Gasteiger partial charge in [-0.25, -0.2) is 14.2 Å². The summed E-state index contributed by atoms with van der Waals surface area (Å²) in [4.78, 5) is 18.3. The van der Waals surface area contributed by atoms with E-state index in [9.17, 15) is 9.18 Å². The predicted octanol–water partition coefficient (Wildman–Crippen LogP) is 4.48. The molecule has 2 aromatic carbocycles. The third kappa shape index (κ3) is 2.52. The van der Waals surface area contributed by atoms with Gasteiger partial charge in [0.1, 0.15) is 17.2 Å². The first-order valence-electron chi connectivity index (χ1n) is 5.83. The number of aromatic amines is 1. The fourth-order valence-electron chi connectivity index (χ4n) is 2.03. The molecule has 0 amide bonds. The van der Waals surface area contributed by atoms with Gasteiger partial charge in [0.15, 0.2) is 0 Å². The quantitative estimate of drug-likeness (QED) is 0.700. The first-order valence-corrected chi connectivity index (χ1v) is 7.01. The zero-order valence-corrected chi connectivity index (χ0v) is 12.7. The number of aromatic carboxylic acids is 1. The number of H-pyrrole nitrogens is 1. The molecule has 0 atom stereocenters. The Morgan fingerprint density at radius 2 is 2.10 bits per heavy atom. The van der Waals surface area contributed by atoms with E-state index >= 15 is 0 Å². The average Bonchev–Trinajstić information content (AvgIpc) is 2.84. The monoisotopic (exact) mass is 368 g/mol. The SMILES string of the molecule is O=C(O)c1cc(F)cc2[nH]c(-c3ccc(Cl)c(Br)c3)nc12. The minimum atomic E-state index is -1.23. The topological polar surface area (TPSA) is 66.0 Å². The summed E-state index contributed by atoms with van der Waals surface area (Å²) in [6.45, 7) is 0. The van der Waals surface area contributed by atoms with Gasteiger partial charge >= 0.3 is 5.97 Å². The van der Waals surface area contributed by atoms with E-state index in [0.717, 1.165) is 6.07 Å². The maximum absolute atomic E-state index is 13.5. The van der Waals surface area contributed by atoms with Crippen molar-refractivity contribution in [1.82, 2.24) is 9.97 Å². The smallest absolute Gasteiger partial charge is 0.338 e. The van der Waals surface area contributed by atoms with Gasteiger partial charge in [0.05, 0.1) is 16.1 Å². The Bertz CT molecular complexity index is 879. The van der Waals surface area contributed by atoms with Crippen molar-refractivity contribution in [2.75, 3.05) is 0 Å². The van der Waals surface area contributed by atoms with Crippen LogP contribution in [0.15, 0.2) is 34.8 Å². The maximum atomic E-state index is 13.5. The number of benzene rings is 2. The molecule has 21 heavy (non-hydrogen) atoms. The number of nitrogens with zero attached hydrogens (tertiary/aromatic N) is 1. The van der Waals surface area contributed by atoms with Crippen LogP contribution in [0.3, 0.4) is 0 Å². The van der Waals surface area contributed by atoms with Gasteiger partial charge in [-0.3, -0.25) is 0 Å². The van der Waals surface area contributed by atoms with Gasteiger partial charge < -0.3 is 10.1 Å². The third-order valence-corrected chi connectivity index (χ3v) is 4.19. The van der Waals surface area contributed by atoms with Crippen molar-refractivity contribution in [3.05, 3.63) is 51.2 Å². The fourth-order valence-corrected chi connectivity index (χ4v) is 2.52. The molecule has 0 saturated carbocycles. The van der Waals surface area contributed by atoms with Gasteiger partial charge in [-0.05, 0) is 46.3 Å². The Morgan fingerprint density at radius 3 is 2.76 bits per heavy atom.